The zero-order valence-corrected chi connectivity index (χ0v) is 11.9. The van der Waals surface area contributed by atoms with E-state index >= 15 is 0 Å². The summed E-state index contributed by atoms with van der Waals surface area (Å²) >= 11 is 0. The van der Waals surface area contributed by atoms with Gasteiger partial charge in [-0.2, -0.15) is 5.10 Å². The Morgan fingerprint density at radius 2 is 1.94 bits per heavy atom. The summed E-state index contributed by atoms with van der Waals surface area (Å²) in [5, 5.41) is 16.5. The van der Waals surface area contributed by atoms with E-state index in [9.17, 15) is 0 Å². The highest BCUT2D eigenvalue weighted by atomic mass is 16.2. The third kappa shape index (κ3) is 5.65. The lowest BCUT2D eigenvalue weighted by atomic mass is 10.1. The van der Waals surface area contributed by atoms with Crippen LogP contribution in [0.3, 0.4) is 0 Å². The summed E-state index contributed by atoms with van der Waals surface area (Å²) in [7, 11) is 0. The Morgan fingerprint density at radius 3 is 2.56 bits per heavy atom. The Balaban J connectivity index is 2.14. The van der Waals surface area contributed by atoms with Crippen LogP contribution in [0, 0.1) is 0 Å². The number of unbranched alkanes of at least 4 members (excludes halogenated alkanes) is 3. The zero-order valence-electron chi connectivity index (χ0n) is 11.9. The number of aliphatic hydroxyl groups excluding tert-OH is 1. The SMILES string of the molecule is CC(C)(C)n1cc(CNCCCCCCO)cn1. The lowest BCUT2D eigenvalue weighted by Gasteiger charge is -2.18. The van der Waals surface area contributed by atoms with Crippen LogP contribution in [0.1, 0.15) is 52.0 Å². The van der Waals surface area contributed by atoms with Crippen LogP contribution in [0.5, 0.6) is 0 Å². The molecule has 4 nitrogen and oxygen atoms in total. The van der Waals surface area contributed by atoms with Gasteiger partial charge in [-0.25, -0.2) is 0 Å². The molecule has 0 aliphatic heterocycles. The molecule has 0 unspecified atom stereocenters. The zero-order chi connectivity index (χ0) is 13.4. The van der Waals surface area contributed by atoms with Gasteiger partial charge < -0.3 is 10.4 Å². The Labute approximate surface area is 110 Å². The lowest BCUT2D eigenvalue weighted by molar-refractivity contribution is 0.282. The van der Waals surface area contributed by atoms with Gasteiger partial charge >= 0.3 is 0 Å². The third-order valence-corrected chi connectivity index (χ3v) is 2.91. The largest absolute Gasteiger partial charge is 0.396 e. The van der Waals surface area contributed by atoms with Crippen molar-refractivity contribution in [3.63, 3.8) is 0 Å². The average Bonchev–Trinajstić information content (AvgIpc) is 2.76. The van der Waals surface area contributed by atoms with Gasteiger partial charge in [0, 0.05) is 24.9 Å². The van der Waals surface area contributed by atoms with E-state index in [2.05, 4.69) is 37.4 Å². The third-order valence-electron chi connectivity index (χ3n) is 2.91. The molecule has 18 heavy (non-hydrogen) atoms. The minimum atomic E-state index is 0.0581. The standard InChI is InChI=1S/C14H27N3O/c1-14(2,3)17-12-13(11-16-17)10-15-8-6-4-5-7-9-18/h11-12,15,18H,4-10H2,1-3H3. The van der Waals surface area contributed by atoms with E-state index in [-0.39, 0.29) is 5.54 Å². The van der Waals surface area contributed by atoms with Crippen molar-refractivity contribution in [2.45, 2.75) is 58.5 Å². The molecule has 4 heteroatoms. The van der Waals surface area contributed by atoms with Gasteiger partial charge in [-0.3, -0.25) is 4.68 Å². The molecule has 0 spiro atoms. The molecule has 0 bridgehead atoms. The van der Waals surface area contributed by atoms with Gasteiger partial charge in [-0.15, -0.1) is 0 Å². The van der Waals surface area contributed by atoms with Crippen LogP contribution in [0.25, 0.3) is 0 Å². The molecule has 1 aromatic heterocycles. The molecule has 0 fully saturated rings. The Kier molecular flexibility index (Phi) is 6.36. The first kappa shape index (κ1) is 15.2. The molecule has 0 aliphatic rings. The summed E-state index contributed by atoms with van der Waals surface area (Å²) in [5.74, 6) is 0. The first-order valence-corrected chi connectivity index (χ1v) is 6.89. The van der Waals surface area contributed by atoms with Crippen LogP contribution in [0.2, 0.25) is 0 Å². The number of nitrogens with one attached hydrogen (secondary N) is 1. The highest BCUT2D eigenvalue weighted by Crippen LogP contribution is 2.12. The molecule has 2 N–H and O–H groups in total. The van der Waals surface area contributed by atoms with Crippen LogP contribution in [-0.2, 0) is 12.1 Å². The van der Waals surface area contributed by atoms with Crippen molar-refractivity contribution in [2.75, 3.05) is 13.2 Å². The summed E-state index contributed by atoms with van der Waals surface area (Å²) in [6.07, 6.45) is 8.46. The molecule has 1 heterocycles. The normalized spacial score (nSPS) is 12.0. The Hall–Kier alpha value is -0.870. The Morgan fingerprint density at radius 1 is 1.22 bits per heavy atom. The number of aromatic nitrogens is 2. The minimum absolute atomic E-state index is 0.0581. The van der Waals surface area contributed by atoms with Crippen LogP contribution >= 0.6 is 0 Å². The van der Waals surface area contributed by atoms with E-state index in [1.807, 2.05) is 10.9 Å². The molecule has 0 amide bonds. The van der Waals surface area contributed by atoms with Crippen molar-refractivity contribution < 1.29 is 5.11 Å². The molecule has 0 aromatic carbocycles. The topological polar surface area (TPSA) is 50.1 Å². The highest BCUT2D eigenvalue weighted by molar-refractivity contribution is 5.04. The monoisotopic (exact) mass is 253 g/mol. The number of aliphatic hydroxyl groups is 1. The van der Waals surface area contributed by atoms with Gasteiger partial charge in [-0.1, -0.05) is 12.8 Å². The highest BCUT2D eigenvalue weighted by Gasteiger charge is 2.13. The van der Waals surface area contributed by atoms with Crippen molar-refractivity contribution in [3.8, 4) is 0 Å². The van der Waals surface area contributed by atoms with Gasteiger partial charge in [0.1, 0.15) is 0 Å². The average molecular weight is 253 g/mol. The van der Waals surface area contributed by atoms with Crippen molar-refractivity contribution in [2.24, 2.45) is 0 Å². The fraction of sp³-hybridized carbons (Fsp3) is 0.786. The van der Waals surface area contributed by atoms with E-state index in [1.54, 1.807) is 0 Å². The van der Waals surface area contributed by atoms with Crippen LogP contribution in [0.4, 0.5) is 0 Å². The first-order valence-electron chi connectivity index (χ1n) is 6.89. The molecule has 104 valence electrons. The summed E-state index contributed by atoms with van der Waals surface area (Å²) in [6, 6.07) is 0. The fourth-order valence-electron chi connectivity index (χ4n) is 1.77. The fourth-order valence-corrected chi connectivity index (χ4v) is 1.77. The van der Waals surface area contributed by atoms with Gasteiger partial charge in [0.05, 0.1) is 11.7 Å². The molecule has 0 saturated carbocycles. The van der Waals surface area contributed by atoms with Crippen molar-refractivity contribution in [3.05, 3.63) is 18.0 Å². The van der Waals surface area contributed by atoms with Gasteiger partial charge in [0.25, 0.3) is 0 Å². The number of nitrogens with zero attached hydrogens (tertiary/aromatic N) is 2. The van der Waals surface area contributed by atoms with Crippen LogP contribution in [-0.4, -0.2) is 28.0 Å². The maximum absolute atomic E-state index is 8.66. The molecular formula is C14H27N3O. The van der Waals surface area contributed by atoms with E-state index < -0.39 is 0 Å². The second-order valence-corrected chi connectivity index (χ2v) is 5.78. The smallest absolute Gasteiger partial charge is 0.0543 e. The summed E-state index contributed by atoms with van der Waals surface area (Å²) in [4.78, 5) is 0. The summed E-state index contributed by atoms with van der Waals surface area (Å²) in [5.41, 5.74) is 1.29. The predicted molar refractivity (Wildman–Crippen MR) is 74.5 cm³/mol. The van der Waals surface area contributed by atoms with E-state index in [0.717, 1.165) is 25.9 Å². The Bertz CT molecular complexity index is 328. The van der Waals surface area contributed by atoms with Gasteiger partial charge in [0.15, 0.2) is 0 Å². The van der Waals surface area contributed by atoms with E-state index in [0.29, 0.717) is 6.61 Å². The minimum Gasteiger partial charge on any atom is -0.396 e. The molecule has 0 radical (unpaired) electrons. The van der Waals surface area contributed by atoms with Crippen molar-refractivity contribution in [1.29, 1.82) is 0 Å². The van der Waals surface area contributed by atoms with E-state index in [1.165, 1.54) is 18.4 Å². The molecule has 0 saturated heterocycles. The predicted octanol–water partition coefficient (Wildman–Crippen LogP) is 2.28. The van der Waals surface area contributed by atoms with E-state index in [4.69, 9.17) is 5.11 Å². The number of hydrogen-bond acceptors (Lipinski definition) is 3. The second-order valence-electron chi connectivity index (χ2n) is 5.78. The lowest BCUT2D eigenvalue weighted by Crippen LogP contribution is -2.22. The molecule has 0 aliphatic carbocycles. The maximum atomic E-state index is 8.66. The molecule has 0 atom stereocenters. The van der Waals surface area contributed by atoms with Crippen LogP contribution in [0.15, 0.2) is 12.4 Å². The summed E-state index contributed by atoms with van der Waals surface area (Å²) in [6.45, 7) is 8.69. The molecule has 1 aromatic rings. The van der Waals surface area contributed by atoms with Crippen molar-refractivity contribution >= 4 is 0 Å². The molecular weight excluding hydrogens is 226 g/mol. The summed E-state index contributed by atoms with van der Waals surface area (Å²) < 4.78 is 2.01. The molecule has 1 rings (SSSR count). The van der Waals surface area contributed by atoms with Gasteiger partial charge in [-0.05, 0) is 40.2 Å². The van der Waals surface area contributed by atoms with Crippen molar-refractivity contribution in [1.82, 2.24) is 15.1 Å². The maximum Gasteiger partial charge on any atom is 0.0543 e. The quantitative estimate of drug-likeness (QED) is 0.699. The van der Waals surface area contributed by atoms with Gasteiger partial charge in [0.2, 0.25) is 0 Å². The van der Waals surface area contributed by atoms with Crippen LogP contribution < -0.4 is 5.32 Å². The number of rotatable bonds is 8. The number of hydrogen-bond donors (Lipinski definition) is 2. The second kappa shape index (κ2) is 7.54. The first-order chi connectivity index (χ1) is 8.54.